The van der Waals surface area contributed by atoms with Gasteiger partial charge in [0.05, 0.1) is 12.1 Å². The molecule has 0 radical (unpaired) electrons. The smallest absolute Gasteiger partial charge is 0.137 e. The second kappa shape index (κ2) is 6.84. The van der Waals surface area contributed by atoms with Crippen molar-refractivity contribution in [1.82, 2.24) is 5.32 Å². The van der Waals surface area contributed by atoms with Crippen molar-refractivity contribution in [3.8, 4) is 5.75 Å². The Labute approximate surface area is 108 Å². The minimum atomic E-state index is 0.275. The molecular weight excluding hydrogens is 236 g/mol. The molecule has 17 heavy (non-hydrogen) atoms. The molecule has 3 nitrogen and oxygen atoms in total. The summed E-state index contributed by atoms with van der Waals surface area (Å²) in [6.07, 6.45) is 0.996. The first-order valence-corrected chi connectivity index (χ1v) is 6.21. The molecule has 96 valence electrons. The molecule has 1 aromatic rings. The van der Waals surface area contributed by atoms with Crippen LogP contribution in [0.5, 0.6) is 5.75 Å². The van der Waals surface area contributed by atoms with E-state index in [-0.39, 0.29) is 6.04 Å². The second-order valence-electron chi connectivity index (χ2n) is 4.31. The number of ether oxygens (including phenoxy) is 1. The van der Waals surface area contributed by atoms with Crippen molar-refractivity contribution in [1.29, 1.82) is 0 Å². The zero-order valence-corrected chi connectivity index (χ0v) is 11.4. The topological polar surface area (TPSA) is 47.3 Å². The van der Waals surface area contributed by atoms with Crippen molar-refractivity contribution in [2.45, 2.75) is 19.4 Å². The van der Waals surface area contributed by atoms with Crippen LogP contribution in [0.3, 0.4) is 0 Å². The van der Waals surface area contributed by atoms with Gasteiger partial charge < -0.3 is 15.8 Å². The van der Waals surface area contributed by atoms with Gasteiger partial charge in [-0.15, -0.1) is 0 Å². The lowest BCUT2D eigenvalue weighted by molar-refractivity contribution is 0.413. The number of methoxy groups -OCH3 is 1. The molecule has 0 aliphatic heterocycles. The van der Waals surface area contributed by atoms with Crippen LogP contribution in [-0.4, -0.2) is 20.7 Å². The van der Waals surface area contributed by atoms with E-state index < -0.39 is 0 Å². The van der Waals surface area contributed by atoms with E-state index in [4.69, 9.17) is 22.1 Å². The van der Waals surface area contributed by atoms with E-state index in [1.165, 1.54) is 5.56 Å². The zero-order chi connectivity index (χ0) is 12.8. The first-order valence-electron chi connectivity index (χ1n) is 5.83. The Morgan fingerprint density at radius 2 is 2.18 bits per heavy atom. The number of hydrogen-bond acceptors (Lipinski definition) is 3. The van der Waals surface area contributed by atoms with Gasteiger partial charge in [0.1, 0.15) is 5.75 Å². The third-order valence-electron chi connectivity index (χ3n) is 2.97. The van der Waals surface area contributed by atoms with Gasteiger partial charge in [-0.05, 0) is 43.6 Å². The summed E-state index contributed by atoms with van der Waals surface area (Å²) in [4.78, 5) is 0. The van der Waals surface area contributed by atoms with Gasteiger partial charge in [-0.2, -0.15) is 0 Å². The summed E-state index contributed by atoms with van der Waals surface area (Å²) in [6.45, 7) is 2.84. The molecule has 0 heterocycles. The summed E-state index contributed by atoms with van der Waals surface area (Å²) in [5, 5.41) is 3.94. The Morgan fingerprint density at radius 3 is 2.65 bits per heavy atom. The molecule has 4 heteroatoms. The molecule has 0 saturated carbocycles. The Balaban J connectivity index is 2.85. The summed E-state index contributed by atoms with van der Waals surface area (Å²) in [6, 6.07) is 6.16. The average Bonchev–Trinajstić information content (AvgIpc) is 2.35. The second-order valence-corrected chi connectivity index (χ2v) is 4.72. The quantitative estimate of drug-likeness (QED) is 0.823. The minimum absolute atomic E-state index is 0.275. The molecule has 0 bridgehead atoms. The molecule has 0 spiro atoms. The highest BCUT2D eigenvalue weighted by Gasteiger charge is 2.14. The molecule has 1 rings (SSSR count). The number of rotatable bonds is 6. The summed E-state index contributed by atoms with van der Waals surface area (Å²) in [7, 11) is 3.57. The van der Waals surface area contributed by atoms with E-state index in [1.54, 1.807) is 7.11 Å². The normalized spacial score (nSPS) is 14.4. The maximum absolute atomic E-state index is 6.12. The Hall–Kier alpha value is -0.770. The Kier molecular flexibility index (Phi) is 5.75. The molecule has 0 aliphatic carbocycles. The van der Waals surface area contributed by atoms with Crippen LogP contribution in [0.25, 0.3) is 0 Å². The molecule has 0 saturated heterocycles. The van der Waals surface area contributed by atoms with Crippen LogP contribution in [0.1, 0.15) is 24.9 Å². The van der Waals surface area contributed by atoms with Crippen molar-refractivity contribution >= 4 is 11.6 Å². The number of halogens is 1. The van der Waals surface area contributed by atoms with Crippen molar-refractivity contribution in [3.63, 3.8) is 0 Å². The van der Waals surface area contributed by atoms with E-state index >= 15 is 0 Å². The first kappa shape index (κ1) is 14.3. The third-order valence-corrected chi connectivity index (χ3v) is 3.26. The third kappa shape index (κ3) is 3.87. The molecule has 3 N–H and O–H groups in total. The maximum Gasteiger partial charge on any atom is 0.137 e. The standard InChI is InChI=1S/C13H21ClN2O/c1-9(8-15)6-12(16-2)10-4-5-13(17-3)11(14)7-10/h4-5,7,9,12,16H,6,8,15H2,1-3H3. The molecule has 0 amide bonds. The van der Waals surface area contributed by atoms with E-state index in [9.17, 15) is 0 Å². The van der Waals surface area contributed by atoms with E-state index in [0.717, 1.165) is 6.42 Å². The number of nitrogens with two attached hydrogens (primary N) is 1. The van der Waals surface area contributed by atoms with Crippen LogP contribution in [0, 0.1) is 5.92 Å². The van der Waals surface area contributed by atoms with Gasteiger partial charge in [-0.25, -0.2) is 0 Å². The number of hydrogen-bond donors (Lipinski definition) is 2. The highest BCUT2D eigenvalue weighted by Crippen LogP contribution is 2.29. The lowest BCUT2D eigenvalue weighted by atomic mass is 9.96. The zero-order valence-electron chi connectivity index (χ0n) is 10.7. The van der Waals surface area contributed by atoms with E-state index in [1.807, 2.05) is 25.2 Å². The van der Waals surface area contributed by atoms with E-state index in [0.29, 0.717) is 23.2 Å². The molecule has 1 aromatic carbocycles. The molecular formula is C13H21ClN2O. The monoisotopic (exact) mass is 256 g/mol. The van der Waals surface area contributed by atoms with Crippen LogP contribution in [0.15, 0.2) is 18.2 Å². The lowest BCUT2D eigenvalue weighted by Gasteiger charge is -2.20. The number of benzene rings is 1. The fraction of sp³-hybridized carbons (Fsp3) is 0.538. The van der Waals surface area contributed by atoms with Gasteiger partial charge in [0.15, 0.2) is 0 Å². The van der Waals surface area contributed by atoms with Gasteiger partial charge in [0.2, 0.25) is 0 Å². The largest absolute Gasteiger partial charge is 0.495 e. The van der Waals surface area contributed by atoms with Crippen molar-refractivity contribution in [3.05, 3.63) is 28.8 Å². The highest BCUT2D eigenvalue weighted by molar-refractivity contribution is 6.32. The van der Waals surface area contributed by atoms with Gasteiger partial charge in [-0.3, -0.25) is 0 Å². The highest BCUT2D eigenvalue weighted by atomic mass is 35.5. The predicted molar refractivity (Wildman–Crippen MR) is 72.6 cm³/mol. The Bertz CT molecular complexity index is 357. The first-order chi connectivity index (χ1) is 8.12. The fourth-order valence-corrected chi connectivity index (χ4v) is 2.08. The summed E-state index contributed by atoms with van der Waals surface area (Å²) >= 11 is 6.12. The number of nitrogens with one attached hydrogen (secondary N) is 1. The maximum atomic E-state index is 6.12. The van der Waals surface area contributed by atoms with Gasteiger partial charge in [-0.1, -0.05) is 24.6 Å². The summed E-state index contributed by atoms with van der Waals surface area (Å²) in [5.74, 6) is 1.19. The van der Waals surface area contributed by atoms with Gasteiger partial charge in [0.25, 0.3) is 0 Å². The van der Waals surface area contributed by atoms with Crippen molar-refractivity contribution < 1.29 is 4.74 Å². The van der Waals surface area contributed by atoms with Crippen LogP contribution in [-0.2, 0) is 0 Å². The van der Waals surface area contributed by atoms with Crippen LogP contribution < -0.4 is 15.8 Å². The van der Waals surface area contributed by atoms with Crippen molar-refractivity contribution in [2.75, 3.05) is 20.7 Å². The van der Waals surface area contributed by atoms with Crippen molar-refractivity contribution in [2.24, 2.45) is 11.7 Å². The minimum Gasteiger partial charge on any atom is -0.495 e. The Morgan fingerprint density at radius 1 is 1.47 bits per heavy atom. The fourth-order valence-electron chi connectivity index (χ4n) is 1.82. The molecule has 2 unspecified atom stereocenters. The SMILES string of the molecule is CNC(CC(C)CN)c1ccc(OC)c(Cl)c1. The predicted octanol–water partition coefficient (Wildman–Crippen LogP) is 2.59. The van der Waals surface area contributed by atoms with Crippen LogP contribution >= 0.6 is 11.6 Å². The lowest BCUT2D eigenvalue weighted by Crippen LogP contribution is -2.22. The summed E-state index contributed by atoms with van der Waals surface area (Å²) < 4.78 is 5.14. The summed E-state index contributed by atoms with van der Waals surface area (Å²) in [5.41, 5.74) is 6.82. The van der Waals surface area contributed by atoms with Crippen LogP contribution in [0.4, 0.5) is 0 Å². The molecule has 0 aromatic heterocycles. The molecule has 2 atom stereocenters. The molecule has 0 fully saturated rings. The van der Waals surface area contributed by atoms with E-state index in [2.05, 4.69) is 12.2 Å². The van der Waals surface area contributed by atoms with Gasteiger partial charge >= 0.3 is 0 Å². The average molecular weight is 257 g/mol. The molecule has 0 aliphatic rings. The van der Waals surface area contributed by atoms with Gasteiger partial charge in [0, 0.05) is 6.04 Å². The van der Waals surface area contributed by atoms with Crippen LogP contribution in [0.2, 0.25) is 5.02 Å².